The molecule has 0 aliphatic heterocycles. The molecule has 180 valence electrons. The highest BCUT2D eigenvalue weighted by Crippen LogP contribution is 2.29. The summed E-state index contributed by atoms with van der Waals surface area (Å²) in [6.45, 7) is 10.2. The molecule has 0 spiro atoms. The molecule has 0 unspecified atom stereocenters. The van der Waals surface area contributed by atoms with E-state index in [0.717, 1.165) is 11.3 Å². The first kappa shape index (κ1) is 25.3. The van der Waals surface area contributed by atoms with Gasteiger partial charge in [0, 0.05) is 24.1 Å². The average Bonchev–Trinajstić information content (AvgIpc) is 3.20. The van der Waals surface area contributed by atoms with Gasteiger partial charge in [-0.25, -0.2) is 9.48 Å². The molecule has 3 amide bonds. The largest absolute Gasteiger partial charge is 0.334 e. The van der Waals surface area contributed by atoms with Gasteiger partial charge in [-0.05, 0) is 31.5 Å². The summed E-state index contributed by atoms with van der Waals surface area (Å²) in [6.07, 6.45) is 0. The number of aromatic nitrogens is 2. The lowest BCUT2D eigenvalue weighted by molar-refractivity contribution is -0.117. The van der Waals surface area contributed by atoms with Crippen molar-refractivity contribution in [3.63, 3.8) is 0 Å². The molecule has 34 heavy (non-hydrogen) atoms. The fourth-order valence-corrected chi connectivity index (χ4v) is 3.56. The number of nitrogens with zero attached hydrogens (tertiary/aromatic N) is 3. The number of anilines is 1. The Kier molecular flexibility index (Phi) is 7.99. The van der Waals surface area contributed by atoms with Crippen LogP contribution in [0.15, 0.2) is 60.7 Å². The van der Waals surface area contributed by atoms with E-state index >= 15 is 0 Å². The number of hydrogen-bond acceptors (Lipinski definition) is 3. The molecule has 0 fully saturated rings. The lowest BCUT2D eigenvalue weighted by atomic mass is 9.92. The minimum Gasteiger partial charge on any atom is -0.334 e. The van der Waals surface area contributed by atoms with Crippen LogP contribution in [0, 0.1) is 0 Å². The van der Waals surface area contributed by atoms with Crippen molar-refractivity contribution in [2.24, 2.45) is 0 Å². The van der Waals surface area contributed by atoms with E-state index in [2.05, 4.69) is 31.4 Å². The van der Waals surface area contributed by atoms with E-state index in [-0.39, 0.29) is 29.9 Å². The topological polar surface area (TPSA) is 79.3 Å². The minimum absolute atomic E-state index is 0.100. The Labute approximate surface area is 206 Å². The van der Waals surface area contributed by atoms with Gasteiger partial charge in [-0.1, -0.05) is 74.8 Å². The van der Waals surface area contributed by atoms with Crippen LogP contribution in [0.1, 0.15) is 45.9 Å². The number of nitrogens with one attached hydrogen (secondary N) is 2. The van der Waals surface area contributed by atoms with Crippen LogP contribution >= 0.6 is 11.6 Å². The molecule has 3 rings (SSSR count). The van der Waals surface area contributed by atoms with Gasteiger partial charge in [0.15, 0.2) is 0 Å². The number of halogens is 1. The minimum atomic E-state index is -0.322. The first-order valence-corrected chi connectivity index (χ1v) is 11.7. The second kappa shape index (κ2) is 10.7. The van der Waals surface area contributed by atoms with Gasteiger partial charge in [-0.15, -0.1) is 0 Å². The van der Waals surface area contributed by atoms with Gasteiger partial charge < -0.3 is 15.5 Å². The molecule has 1 heterocycles. The summed E-state index contributed by atoms with van der Waals surface area (Å²) in [6, 6.07) is 18.3. The van der Waals surface area contributed by atoms with Gasteiger partial charge in [0.2, 0.25) is 5.91 Å². The lowest BCUT2D eigenvalue weighted by Crippen LogP contribution is -2.47. The van der Waals surface area contributed by atoms with Crippen LogP contribution in [0.3, 0.4) is 0 Å². The molecular formula is C26H32ClN5O2. The van der Waals surface area contributed by atoms with Crippen molar-refractivity contribution >= 4 is 29.4 Å². The molecule has 0 aliphatic rings. The van der Waals surface area contributed by atoms with E-state index < -0.39 is 0 Å². The van der Waals surface area contributed by atoms with Crippen molar-refractivity contribution in [3.05, 3.63) is 76.9 Å². The normalized spacial score (nSPS) is 11.4. The van der Waals surface area contributed by atoms with Gasteiger partial charge in [0.25, 0.3) is 0 Å². The molecule has 8 heteroatoms. The van der Waals surface area contributed by atoms with Gasteiger partial charge in [0.05, 0.1) is 16.4 Å². The van der Waals surface area contributed by atoms with Crippen molar-refractivity contribution in [1.29, 1.82) is 0 Å². The zero-order valence-electron chi connectivity index (χ0n) is 20.3. The number of carbonyl (C=O) groups is 2. The smallest absolute Gasteiger partial charge is 0.318 e. The second-order valence-electron chi connectivity index (χ2n) is 9.44. The summed E-state index contributed by atoms with van der Waals surface area (Å²) in [4.78, 5) is 27.3. The summed E-state index contributed by atoms with van der Waals surface area (Å²) < 4.78 is 1.63. The molecule has 0 saturated carbocycles. The molecule has 7 nitrogen and oxygen atoms in total. The van der Waals surface area contributed by atoms with Crippen molar-refractivity contribution in [2.45, 2.75) is 52.6 Å². The maximum Gasteiger partial charge on any atom is 0.318 e. The molecule has 0 bridgehead atoms. The molecule has 1 aromatic heterocycles. The van der Waals surface area contributed by atoms with Gasteiger partial charge >= 0.3 is 6.03 Å². The highest BCUT2D eigenvalue weighted by Gasteiger charge is 2.24. The monoisotopic (exact) mass is 481 g/mol. The predicted molar refractivity (Wildman–Crippen MR) is 136 cm³/mol. The zero-order valence-corrected chi connectivity index (χ0v) is 21.1. The third-order valence-corrected chi connectivity index (χ3v) is 5.63. The third kappa shape index (κ3) is 6.38. The van der Waals surface area contributed by atoms with Crippen LogP contribution in [-0.4, -0.2) is 39.2 Å². The number of carbonyl (C=O) groups excluding carboxylic acids is 2. The maximum atomic E-state index is 13.0. The Balaban J connectivity index is 1.77. The Morgan fingerprint density at radius 1 is 1.06 bits per heavy atom. The summed E-state index contributed by atoms with van der Waals surface area (Å²) >= 11 is 6.41. The quantitative estimate of drug-likeness (QED) is 0.475. The van der Waals surface area contributed by atoms with Crippen molar-refractivity contribution in [3.8, 4) is 5.69 Å². The molecule has 2 N–H and O–H groups in total. The Hall–Kier alpha value is -3.32. The first-order valence-electron chi connectivity index (χ1n) is 11.3. The molecule has 0 aliphatic carbocycles. The number of amides is 3. The molecule has 0 atom stereocenters. The van der Waals surface area contributed by atoms with E-state index in [4.69, 9.17) is 16.7 Å². The van der Waals surface area contributed by atoms with Crippen LogP contribution in [-0.2, 0) is 16.8 Å². The molecular weight excluding hydrogens is 450 g/mol. The maximum absolute atomic E-state index is 13.0. The number of urea groups is 1. The molecule has 2 aromatic carbocycles. The highest BCUT2D eigenvalue weighted by atomic mass is 35.5. The highest BCUT2D eigenvalue weighted by molar-refractivity contribution is 6.32. The molecule has 3 aromatic rings. The Morgan fingerprint density at radius 3 is 2.32 bits per heavy atom. The van der Waals surface area contributed by atoms with Crippen LogP contribution in [0.4, 0.5) is 10.6 Å². The lowest BCUT2D eigenvalue weighted by Gasteiger charge is -2.26. The third-order valence-electron chi connectivity index (χ3n) is 5.31. The van der Waals surface area contributed by atoms with Gasteiger partial charge in [-0.2, -0.15) is 5.10 Å². The SMILES string of the molecule is CC(C)N(CC(=O)Nc1cc(C(C)(C)C)nn1-c1ccccc1Cl)C(=O)NCc1ccccc1. The predicted octanol–water partition coefficient (Wildman–Crippen LogP) is 5.38. The van der Waals surface area contributed by atoms with Crippen LogP contribution in [0.5, 0.6) is 0 Å². The van der Waals surface area contributed by atoms with Crippen LogP contribution < -0.4 is 10.6 Å². The van der Waals surface area contributed by atoms with E-state index in [1.54, 1.807) is 10.7 Å². The Morgan fingerprint density at radius 2 is 1.71 bits per heavy atom. The van der Waals surface area contributed by atoms with Crippen molar-refractivity contribution in [1.82, 2.24) is 20.0 Å². The fraction of sp³-hybridized carbons (Fsp3) is 0.346. The summed E-state index contributed by atoms with van der Waals surface area (Å²) in [5.74, 6) is 0.175. The molecule has 0 saturated heterocycles. The zero-order chi connectivity index (χ0) is 24.9. The number of rotatable bonds is 7. The average molecular weight is 482 g/mol. The number of para-hydroxylation sites is 1. The van der Waals surface area contributed by atoms with Gasteiger partial charge in [-0.3, -0.25) is 4.79 Å². The van der Waals surface area contributed by atoms with Crippen molar-refractivity contribution in [2.75, 3.05) is 11.9 Å². The van der Waals surface area contributed by atoms with Crippen molar-refractivity contribution < 1.29 is 9.59 Å². The summed E-state index contributed by atoms with van der Waals surface area (Å²) in [5, 5.41) is 11.0. The standard InChI is InChI=1S/C26H32ClN5O2/c1-18(2)31(25(34)28-16-19-11-7-6-8-12-19)17-24(33)29-23-15-22(26(3,4)5)30-32(23)21-14-10-9-13-20(21)27/h6-15,18H,16-17H2,1-5H3,(H,28,34)(H,29,33). The first-order chi connectivity index (χ1) is 16.1. The van der Waals surface area contributed by atoms with E-state index in [0.29, 0.717) is 23.1 Å². The van der Waals surface area contributed by atoms with E-state index in [1.165, 1.54) is 4.90 Å². The molecule has 0 radical (unpaired) electrons. The number of hydrogen-bond donors (Lipinski definition) is 2. The van der Waals surface area contributed by atoms with Crippen LogP contribution in [0.2, 0.25) is 5.02 Å². The van der Waals surface area contributed by atoms with E-state index in [1.807, 2.05) is 68.4 Å². The number of benzene rings is 2. The van der Waals surface area contributed by atoms with E-state index in [9.17, 15) is 9.59 Å². The van der Waals surface area contributed by atoms with Gasteiger partial charge in [0.1, 0.15) is 12.4 Å². The van der Waals surface area contributed by atoms with Crippen LogP contribution in [0.25, 0.3) is 5.69 Å². The fourth-order valence-electron chi connectivity index (χ4n) is 3.34. The Bertz CT molecular complexity index is 1140. The summed E-state index contributed by atoms with van der Waals surface area (Å²) in [7, 11) is 0. The second-order valence-corrected chi connectivity index (χ2v) is 9.85. The summed E-state index contributed by atoms with van der Waals surface area (Å²) in [5.41, 5.74) is 2.23.